The minimum atomic E-state index is 0.0222. The number of hydrogen-bond donors (Lipinski definition) is 0. The minimum Gasteiger partial charge on any atom is -0.197 e. The van der Waals surface area contributed by atoms with Gasteiger partial charge in [0.15, 0.2) is 0 Å². The first-order valence-corrected chi connectivity index (χ1v) is 6.21. The Bertz CT molecular complexity index is 219. The molecule has 0 atom stereocenters. The molecule has 0 aromatic heterocycles. The Kier molecular flexibility index (Phi) is 2.55. The maximum absolute atomic E-state index is 9.14. The van der Waals surface area contributed by atoms with E-state index in [1.165, 1.54) is 25.7 Å². The second kappa shape index (κ2) is 3.53. The van der Waals surface area contributed by atoms with Crippen LogP contribution in [0.3, 0.4) is 0 Å². The van der Waals surface area contributed by atoms with E-state index in [2.05, 4.69) is 13.0 Å². The standard InChI is InChI=1S/C11H17NS/c1-9-6-11(7-9,8-12)13-10-4-2-3-5-10/h9-10H,2-7H2,1H3. The molecule has 0 spiro atoms. The van der Waals surface area contributed by atoms with Gasteiger partial charge in [-0.2, -0.15) is 5.26 Å². The van der Waals surface area contributed by atoms with Gasteiger partial charge in [0.05, 0.1) is 6.07 Å². The van der Waals surface area contributed by atoms with E-state index in [-0.39, 0.29) is 4.75 Å². The highest BCUT2D eigenvalue weighted by Gasteiger charge is 2.44. The second-order valence-corrected chi connectivity index (χ2v) is 6.33. The van der Waals surface area contributed by atoms with Crippen molar-refractivity contribution in [2.75, 3.05) is 0 Å². The van der Waals surface area contributed by atoms with E-state index in [4.69, 9.17) is 5.26 Å². The summed E-state index contributed by atoms with van der Waals surface area (Å²) < 4.78 is 0.0222. The summed E-state index contributed by atoms with van der Waals surface area (Å²) in [7, 11) is 0. The molecule has 0 N–H and O–H groups in total. The minimum absolute atomic E-state index is 0.0222. The Morgan fingerprint density at radius 2 is 1.92 bits per heavy atom. The maximum Gasteiger partial charge on any atom is 0.103 e. The van der Waals surface area contributed by atoms with Gasteiger partial charge in [-0.15, -0.1) is 11.8 Å². The van der Waals surface area contributed by atoms with E-state index in [0.717, 1.165) is 24.0 Å². The molecule has 2 aliphatic carbocycles. The fourth-order valence-corrected chi connectivity index (χ4v) is 4.63. The third kappa shape index (κ3) is 1.86. The zero-order chi connectivity index (χ0) is 9.31. The van der Waals surface area contributed by atoms with Crippen LogP contribution in [0.15, 0.2) is 0 Å². The second-order valence-electron chi connectivity index (χ2n) is 4.64. The van der Waals surface area contributed by atoms with Crippen LogP contribution in [0.1, 0.15) is 45.4 Å². The predicted molar refractivity (Wildman–Crippen MR) is 56.6 cm³/mol. The van der Waals surface area contributed by atoms with Crippen LogP contribution in [0.25, 0.3) is 0 Å². The summed E-state index contributed by atoms with van der Waals surface area (Å²) in [6.07, 6.45) is 7.73. The number of rotatable bonds is 2. The molecule has 0 aromatic carbocycles. The molecule has 0 amide bonds. The zero-order valence-corrected chi connectivity index (χ0v) is 9.07. The maximum atomic E-state index is 9.14. The Morgan fingerprint density at radius 1 is 1.31 bits per heavy atom. The molecule has 0 saturated heterocycles. The van der Waals surface area contributed by atoms with Crippen molar-refractivity contribution >= 4 is 11.8 Å². The third-order valence-electron chi connectivity index (χ3n) is 3.25. The first-order valence-electron chi connectivity index (χ1n) is 5.33. The lowest BCUT2D eigenvalue weighted by molar-refractivity contribution is 0.302. The van der Waals surface area contributed by atoms with Gasteiger partial charge in [0, 0.05) is 5.25 Å². The van der Waals surface area contributed by atoms with Crippen LogP contribution in [-0.4, -0.2) is 10.00 Å². The summed E-state index contributed by atoms with van der Waals surface area (Å²) in [5.41, 5.74) is 0. The van der Waals surface area contributed by atoms with Gasteiger partial charge in [-0.05, 0) is 31.6 Å². The van der Waals surface area contributed by atoms with Crippen molar-refractivity contribution in [3.8, 4) is 6.07 Å². The number of hydrogen-bond acceptors (Lipinski definition) is 2. The highest BCUT2D eigenvalue weighted by Crippen LogP contribution is 2.51. The van der Waals surface area contributed by atoms with Crippen molar-refractivity contribution < 1.29 is 0 Å². The molecular formula is C11H17NS. The summed E-state index contributed by atoms with van der Waals surface area (Å²) in [6, 6.07) is 2.54. The summed E-state index contributed by atoms with van der Waals surface area (Å²) in [6.45, 7) is 2.25. The normalized spacial score (nSPS) is 39.8. The molecule has 2 aliphatic rings. The van der Waals surface area contributed by atoms with Crippen LogP contribution in [0, 0.1) is 17.2 Å². The van der Waals surface area contributed by atoms with Gasteiger partial charge in [-0.3, -0.25) is 0 Å². The Balaban J connectivity index is 1.88. The van der Waals surface area contributed by atoms with Crippen molar-refractivity contribution in [2.45, 2.75) is 55.4 Å². The van der Waals surface area contributed by atoms with E-state index in [1.54, 1.807) is 0 Å². The van der Waals surface area contributed by atoms with Crippen LogP contribution < -0.4 is 0 Å². The van der Waals surface area contributed by atoms with Crippen molar-refractivity contribution in [2.24, 2.45) is 5.92 Å². The third-order valence-corrected chi connectivity index (χ3v) is 4.94. The molecular weight excluding hydrogens is 178 g/mol. The van der Waals surface area contributed by atoms with Gasteiger partial charge in [0.1, 0.15) is 4.75 Å². The Labute approximate surface area is 84.9 Å². The van der Waals surface area contributed by atoms with E-state index in [0.29, 0.717) is 0 Å². The van der Waals surface area contributed by atoms with Crippen LogP contribution in [0.5, 0.6) is 0 Å². The van der Waals surface area contributed by atoms with E-state index >= 15 is 0 Å². The quantitative estimate of drug-likeness (QED) is 0.674. The summed E-state index contributed by atoms with van der Waals surface area (Å²) in [5.74, 6) is 0.786. The van der Waals surface area contributed by atoms with Crippen molar-refractivity contribution in [3.05, 3.63) is 0 Å². The molecule has 0 radical (unpaired) electrons. The van der Waals surface area contributed by atoms with Crippen LogP contribution >= 0.6 is 11.8 Å². The average molecular weight is 195 g/mol. The van der Waals surface area contributed by atoms with Gasteiger partial charge in [-0.25, -0.2) is 0 Å². The van der Waals surface area contributed by atoms with Gasteiger partial charge in [0.25, 0.3) is 0 Å². The molecule has 1 nitrogen and oxygen atoms in total. The van der Waals surface area contributed by atoms with Gasteiger partial charge in [-0.1, -0.05) is 19.8 Å². The molecule has 0 heterocycles. The molecule has 2 heteroatoms. The lowest BCUT2D eigenvalue weighted by atomic mass is 9.76. The Morgan fingerprint density at radius 3 is 2.38 bits per heavy atom. The summed E-state index contributed by atoms with van der Waals surface area (Å²) >= 11 is 1.98. The smallest absolute Gasteiger partial charge is 0.103 e. The van der Waals surface area contributed by atoms with Crippen molar-refractivity contribution in [3.63, 3.8) is 0 Å². The molecule has 2 rings (SSSR count). The summed E-state index contributed by atoms with van der Waals surface area (Å²) in [4.78, 5) is 0. The zero-order valence-electron chi connectivity index (χ0n) is 8.25. The van der Waals surface area contributed by atoms with E-state index < -0.39 is 0 Å². The summed E-state index contributed by atoms with van der Waals surface area (Å²) in [5, 5.41) is 9.94. The van der Waals surface area contributed by atoms with E-state index in [9.17, 15) is 0 Å². The van der Waals surface area contributed by atoms with Crippen LogP contribution in [-0.2, 0) is 0 Å². The first-order chi connectivity index (χ1) is 6.24. The molecule has 0 aliphatic heterocycles. The number of thioether (sulfide) groups is 1. The predicted octanol–water partition coefficient (Wildman–Crippen LogP) is 3.35. The van der Waals surface area contributed by atoms with E-state index in [1.807, 2.05) is 11.8 Å². The van der Waals surface area contributed by atoms with Gasteiger partial charge >= 0.3 is 0 Å². The van der Waals surface area contributed by atoms with Crippen LogP contribution in [0.2, 0.25) is 0 Å². The molecule has 13 heavy (non-hydrogen) atoms. The monoisotopic (exact) mass is 195 g/mol. The molecule has 0 aromatic rings. The highest BCUT2D eigenvalue weighted by atomic mass is 32.2. The molecule has 0 unspecified atom stereocenters. The molecule has 2 fully saturated rings. The van der Waals surface area contributed by atoms with Crippen molar-refractivity contribution in [1.29, 1.82) is 5.26 Å². The lowest BCUT2D eigenvalue weighted by Gasteiger charge is -2.41. The van der Waals surface area contributed by atoms with Gasteiger partial charge in [0.2, 0.25) is 0 Å². The Hall–Kier alpha value is -0.160. The van der Waals surface area contributed by atoms with Gasteiger partial charge < -0.3 is 0 Å². The lowest BCUT2D eigenvalue weighted by Crippen LogP contribution is -2.39. The highest BCUT2D eigenvalue weighted by molar-refractivity contribution is 8.01. The molecule has 72 valence electrons. The molecule has 2 saturated carbocycles. The van der Waals surface area contributed by atoms with Crippen LogP contribution in [0.4, 0.5) is 0 Å². The fourth-order valence-electron chi connectivity index (χ4n) is 2.61. The topological polar surface area (TPSA) is 23.8 Å². The fraction of sp³-hybridized carbons (Fsp3) is 0.909. The number of nitriles is 1. The molecule has 0 bridgehead atoms. The average Bonchev–Trinajstić information content (AvgIpc) is 2.53. The first kappa shape index (κ1) is 9.40. The number of nitrogens with zero attached hydrogens (tertiary/aromatic N) is 1. The van der Waals surface area contributed by atoms with Crippen molar-refractivity contribution in [1.82, 2.24) is 0 Å². The largest absolute Gasteiger partial charge is 0.197 e. The SMILES string of the molecule is CC1CC(C#N)(SC2CCCC2)C1.